The summed E-state index contributed by atoms with van der Waals surface area (Å²) in [7, 11) is 4.31. The van der Waals surface area contributed by atoms with Crippen molar-refractivity contribution in [2.45, 2.75) is 43.8 Å². The minimum Gasteiger partial charge on any atom is -0.467 e. The van der Waals surface area contributed by atoms with Gasteiger partial charge in [0.15, 0.2) is 12.3 Å². The standard InChI is InChI=1S/C13H23NO7/c1-18-8-4-9(21-12(6-8)19-2)5-11(16)14-10(7-15)13(17)20-3/h8-10,12,15H,4-7H2,1-3H3,(H,14,16)/t8-,9-,10-,12-/m0/s1. The lowest BCUT2D eigenvalue weighted by molar-refractivity contribution is -0.208. The summed E-state index contributed by atoms with van der Waals surface area (Å²) in [6.45, 7) is -0.522. The van der Waals surface area contributed by atoms with E-state index in [2.05, 4.69) is 10.1 Å². The molecule has 0 saturated carbocycles. The van der Waals surface area contributed by atoms with Crippen LogP contribution in [0.5, 0.6) is 0 Å². The first-order valence-corrected chi connectivity index (χ1v) is 6.73. The van der Waals surface area contributed by atoms with Crippen molar-refractivity contribution in [1.82, 2.24) is 5.32 Å². The lowest BCUT2D eigenvalue weighted by Crippen LogP contribution is -2.46. The maximum absolute atomic E-state index is 11.9. The first-order chi connectivity index (χ1) is 10.0. The average molecular weight is 305 g/mol. The second kappa shape index (κ2) is 8.93. The number of esters is 1. The van der Waals surface area contributed by atoms with Crippen LogP contribution in [0.3, 0.4) is 0 Å². The Hall–Kier alpha value is -1.22. The average Bonchev–Trinajstić information content (AvgIpc) is 2.51. The number of methoxy groups -OCH3 is 3. The third kappa shape index (κ3) is 5.58. The van der Waals surface area contributed by atoms with Crippen LogP contribution in [0.2, 0.25) is 0 Å². The molecule has 0 bridgehead atoms. The Balaban J connectivity index is 2.50. The van der Waals surface area contributed by atoms with E-state index in [0.717, 1.165) is 0 Å². The maximum atomic E-state index is 11.9. The van der Waals surface area contributed by atoms with Crippen molar-refractivity contribution >= 4 is 11.9 Å². The highest BCUT2D eigenvalue weighted by Crippen LogP contribution is 2.24. The largest absolute Gasteiger partial charge is 0.467 e. The maximum Gasteiger partial charge on any atom is 0.330 e. The molecule has 4 atom stereocenters. The van der Waals surface area contributed by atoms with Gasteiger partial charge in [0.1, 0.15) is 0 Å². The van der Waals surface area contributed by atoms with Crippen molar-refractivity contribution in [1.29, 1.82) is 0 Å². The highest BCUT2D eigenvalue weighted by molar-refractivity contribution is 5.84. The van der Waals surface area contributed by atoms with Gasteiger partial charge in [-0.25, -0.2) is 4.79 Å². The number of amides is 1. The van der Waals surface area contributed by atoms with E-state index in [-0.39, 0.29) is 18.6 Å². The summed E-state index contributed by atoms with van der Waals surface area (Å²) in [4.78, 5) is 23.2. The highest BCUT2D eigenvalue weighted by atomic mass is 16.7. The van der Waals surface area contributed by atoms with Gasteiger partial charge >= 0.3 is 5.97 Å². The van der Waals surface area contributed by atoms with Crippen molar-refractivity contribution in [2.75, 3.05) is 27.9 Å². The molecular weight excluding hydrogens is 282 g/mol. The molecule has 1 heterocycles. The first-order valence-electron chi connectivity index (χ1n) is 6.73. The van der Waals surface area contributed by atoms with Crippen molar-refractivity contribution in [3.05, 3.63) is 0 Å². The van der Waals surface area contributed by atoms with E-state index in [1.54, 1.807) is 7.11 Å². The van der Waals surface area contributed by atoms with Crippen LogP contribution < -0.4 is 5.32 Å². The third-order valence-electron chi connectivity index (χ3n) is 3.34. The van der Waals surface area contributed by atoms with E-state index >= 15 is 0 Å². The lowest BCUT2D eigenvalue weighted by atomic mass is 10.0. The second-order valence-corrected chi connectivity index (χ2v) is 4.78. The van der Waals surface area contributed by atoms with Gasteiger partial charge in [0.2, 0.25) is 5.91 Å². The molecule has 0 spiro atoms. The normalized spacial score (nSPS) is 27.0. The Morgan fingerprint density at radius 2 is 2.00 bits per heavy atom. The molecule has 21 heavy (non-hydrogen) atoms. The van der Waals surface area contributed by atoms with Gasteiger partial charge in [-0.15, -0.1) is 0 Å². The number of hydrogen-bond donors (Lipinski definition) is 2. The topological polar surface area (TPSA) is 103 Å². The third-order valence-corrected chi connectivity index (χ3v) is 3.34. The van der Waals surface area contributed by atoms with Crippen LogP contribution in [0.15, 0.2) is 0 Å². The molecule has 0 aromatic heterocycles. The molecule has 0 aliphatic carbocycles. The number of rotatable bonds is 7. The Morgan fingerprint density at radius 3 is 2.52 bits per heavy atom. The zero-order chi connectivity index (χ0) is 15.8. The van der Waals surface area contributed by atoms with E-state index in [1.807, 2.05) is 0 Å². The molecule has 1 saturated heterocycles. The van der Waals surface area contributed by atoms with Crippen LogP contribution in [0.4, 0.5) is 0 Å². The summed E-state index contributed by atoms with van der Waals surface area (Å²) < 4.78 is 20.5. The summed E-state index contributed by atoms with van der Waals surface area (Å²) in [5, 5.41) is 11.5. The fraction of sp³-hybridized carbons (Fsp3) is 0.846. The molecule has 8 heteroatoms. The minimum atomic E-state index is -1.07. The minimum absolute atomic E-state index is 0.0456. The van der Waals surface area contributed by atoms with Crippen molar-refractivity contribution < 1.29 is 33.6 Å². The Bertz CT molecular complexity index is 337. The zero-order valence-corrected chi connectivity index (χ0v) is 12.5. The molecule has 0 aromatic carbocycles. The Kier molecular flexibility index (Phi) is 7.58. The van der Waals surface area contributed by atoms with Gasteiger partial charge in [0, 0.05) is 27.1 Å². The zero-order valence-electron chi connectivity index (χ0n) is 12.5. The van der Waals surface area contributed by atoms with Crippen LogP contribution in [0.25, 0.3) is 0 Å². The van der Waals surface area contributed by atoms with Gasteiger partial charge in [-0.3, -0.25) is 4.79 Å². The van der Waals surface area contributed by atoms with Crippen molar-refractivity contribution in [3.63, 3.8) is 0 Å². The van der Waals surface area contributed by atoms with Gasteiger partial charge < -0.3 is 29.4 Å². The predicted molar refractivity (Wildman–Crippen MR) is 71.4 cm³/mol. The number of ether oxygens (including phenoxy) is 4. The van der Waals surface area contributed by atoms with Crippen molar-refractivity contribution in [3.8, 4) is 0 Å². The fourth-order valence-corrected chi connectivity index (χ4v) is 2.19. The van der Waals surface area contributed by atoms with Gasteiger partial charge in [0.25, 0.3) is 0 Å². The molecular formula is C13H23NO7. The molecule has 1 aliphatic heterocycles. The van der Waals surface area contributed by atoms with Crippen LogP contribution in [0.1, 0.15) is 19.3 Å². The number of carbonyl (C=O) groups is 2. The van der Waals surface area contributed by atoms with Crippen LogP contribution in [-0.4, -0.2) is 69.5 Å². The number of aliphatic hydroxyl groups is 1. The number of nitrogens with one attached hydrogen (secondary N) is 1. The van der Waals surface area contributed by atoms with E-state index in [9.17, 15) is 9.59 Å². The monoisotopic (exact) mass is 305 g/mol. The molecule has 1 amide bonds. The molecule has 1 rings (SSSR count). The number of carbonyl (C=O) groups excluding carboxylic acids is 2. The molecule has 0 aromatic rings. The molecule has 1 aliphatic rings. The smallest absolute Gasteiger partial charge is 0.330 e. The van der Waals surface area contributed by atoms with Gasteiger partial charge in [-0.2, -0.15) is 0 Å². The molecule has 0 unspecified atom stereocenters. The van der Waals surface area contributed by atoms with E-state index in [1.165, 1.54) is 14.2 Å². The van der Waals surface area contributed by atoms with Gasteiger partial charge in [-0.1, -0.05) is 0 Å². The van der Waals surface area contributed by atoms with E-state index < -0.39 is 30.8 Å². The molecule has 8 nitrogen and oxygen atoms in total. The van der Waals surface area contributed by atoms with E-state index in [4.69, 9.17) is 19.3 Å². The quantitative estimate of drug-likeness (QED) is 0.593. The highest BCUT2D eigenvalue weighted by Gasteiger charge is 2.31. The van der Waals surface area contributed by atoms with E-state index in [0.29, 0.717) is 12.8 Å². The molecule has 0 radical (unpaired) electrons. The van der Waals surface area contributed by atoms with Gasteiger partial charge in [0.05, 0.1) is 32.3 Å². The van der Waals surface area contributed by atoms with Crippen LogP contribution in [0, 0.1) is 0 Å². The SMILES string of the molecule is COC(=O)[C@H](CO)NC(=O)C[C@@H]1C[C@H](OC)C[C@@H](OC)O1. The Morgan fingerprint density at radius 1 is 1.29 bits per heavy atom. The summed E-state index contributed by atoms with van der Waals surface area (Å²) in [5.41, 5.74) is 0. The number of aliphatic hydroxyl groups excluding tert-OH is 1. The van der Waals surface area contributed by atoms with Gasteiger partial charge in [-0.05, 0) is 0 Å². The number of hydrogen-bond acceptors (Lipinski definition) is 7. The predicted octanol–water partition coefficient (Wildman–Crippen LogP) is -0.807. The molecule has 2 N–H and O–H groups in total. The lowest BCUT2D eigenvalue weighted by Gasteiger charge is -2.33. The fourth-order valence-electron chi connectivity index (χ4n) is 2.19. The summed E-state index contributed by atoms with van der Waals surface area (Å²) in [5.74, 6) is -1.10. The van der Waals surface area contributed by atoms with Crippen molar-refractivity contribution in [2.24, 2.45) is 0 Å². The molecule has 122 valence electrons. The van der Waals surface area contributed by atoms with Crippen LogP contribution in [-0.2, 0) is 28.5 Å². The molecule has 1 fully saturated rings. The Labute approximate surface area is 123 Å². The first kappa shape index (κ1) is 17.8. The summed E-state index contributed by atoms with van der Waals surface area (Å²) >= 11 is 0. The van der Waals surface area contributed by atoms with Crippen LogP contribution >= 0.6 is 0 Å². The second-order valence-electron chi connectivity index (χ2n) is 4.78. The summed E-state index contributed by atoms with van der Waals surface area (Å²) in [6, 6.07) is -1.07. The summed E-state index contributed by atoms with van der Waals surface area (Å²) in [6.07, 6.45) is 0.378.